The Labute approximate surface area is 372 Å². The van der Waals surface area contributed by atoms with Crippen molar-refractivity contribution in [2.75, 3.05) is 37.7 Å². The molecule has 0 saturated carbocycles. The van der Waals surface area contributed by atoms with Crippen LogP contribution < -0.4 is 15.0 Å². The molecule has 0 aliphatic carbocycles. The van der Waals surface area contributed by atoms with Crippen LogP contribution in [-0.2, 0) is 45.6 Å². The fourth-order valence-corrected chi connectivity index (χ4v) is 10.3. The van der Waals surface area contributed by atoms with Gasteiger partial charge < -0.3 is 24.0 Å². The second-order valence-electron chi connectivity index (χ2n) is 17.4. The number of benzene rings is 2. The third-order valence-corrected chi connectivity index (χ3v) is 13.6. The van der Waals surface area contributed by atoms with E-state index in [-0.39, 0.29) is 66.2 Å². The van der Waals surface area contributed by atoms with Gasteiger partial charge in [0.25, 0.3) is 18.2 Å². The molecule has 5 aliphatic rings. The molecule has 5 aliphatic heterocycles. The zero-order valence-electron chi connectivity index (χ0n) is 36.0. The fourth-order valence-electron chi connectivity index (χ4n) is 10.3. The van der Waals surface area contributed by atoms with Gasteiger partial charge in [-0.3, -0.25) is 48.6 Å². The molecule has 16 nitrogen and oxygen atoms in total. The van der Waals surface area contributed by atoms with E-state index in [0.29, 0.717) is 81.0 Å². The van der Waals surface area contributed by atoms with E-state index in [1.54, 1.807) is 47.3 Å². The summed E-state index contributed by atoms with van der Waals surface area (Å²) in [4.78, 5) is 88.0. The van der Waals surface area contributed by atoms with Crippen LogP contribution >= 0.6 is 0 Å². The first-order valence-corrected chi connectivity index (χ1v) is 22.1. The van der Waals surface area contributed by atoms with Crippen molar-refractivity contribution in [1.82, 2.24) is 39.3 Å². The van der Waals surface area contributed by atoms with E-state index in [1.807, 2.05) is 29.9 Å². The molecule has 2 aromatic carbocycles. The fraction of sp³-hybridized carbons (Fsp3) is 0.404. The lowest BCUT2D eigenvalue weighted by atomic mass is 9.91. The zero-order valence-corrected chi connectivity index (χ0v) is 36.0. The van der Waals surface area contributed by atoms with E-state index in [2.05, 4.69) is 19.9 Å². The molecule has 1 N–H and O–H groups in total. The Morgan fingerprint density at radius 3 is 2.51 bits per heavy atom. The van der Waals surface area contributed by atoms with Crippen LogP contribution in [0.5, 0.6) is 5.75 Å². The highest BCUT2D eigenvalue weighted by molar-refractivity contribution is 6.24. The van der Waals surface area contributed by atoms with Crippen molar-refractivity contribution in [3.63, 3.8) is 0 Å². The minimum absolute atomic E-state index is 0.00485. The molecule has 6 amide bonds. The van der Waals surface area contributed by atoms with E-state index < -0.39 is 36.1 Å². The molecule has 0 bridgehead atoms. The molecule has 0 spiro atoms. The number of likely N-dealkylation sites (tertiary alicyclic amines) is 1. The number of carbonyl (C=O) groups excluding carboxylic acids is 6. The molecule has 3 aromatic heterocycles. The molecule has 1 atom stereocenters. The van der Waals surface area contributed by atoms with Crippen molar-refractivity contribution in [2.45, 2.75) is 83.3 Å². The number of anilines is 2. The number of fused-ring (bicyclic) bond motifs is 4. The second-order valence-corrected chi connectivity index (χ2v) is 17.4. The summed E-state index contributed by atoms with van der Waals surface area (Å²) in [5.74, 6) is -1.88. The van der Waals surface area contributed by atoms with Crippen LogP contribution in [0.3, 0.4) is 0 Å². The number of ether oxygens (including phenoxy) is 1. The van der Waals surface area contributed by atoms with Gasteiger partial charge in [-0.15, -0.1) is 0 Å². The standard InChI is InChI=1S/C47H47F2N9O7/c1-26(59)55-19-13-36-34(25-55)44(56-16-4-5-27-21-30(31(43(48)49)22-38(27)56)33-24-53(2)35-10-15-50-23-32(33)35)52-58(36)28-11-17-54(18-12-28)41(61)14-20-65-39-7-3-6-29-42(39)47(64)57(46(29)63)37-8-9-40(60)51-45(37)62/h3,6-7,10,15,21-24,28,37,43H,4-5,8-9,11-14,16-20,25H2,1-2H3,(H,51,60,62). The van der Waals surface area contributed by atoms with Crippen LogP contribution in [0.15, 0.2) is 55.0 Å². The van der Waals surface area contributed by atoms with Gasteiger partial charge in [0.05, 0.1) is 42.3 Å². The van der Waals surface area contributed by atoms with Crippen molar-refractivity contribution in [2.24, 2.45) is 7.05 Å². The maximum absolute atomic E-state index is 15.1. The number of amides is 6. The predicted molar refractivity (Wildman–Crippen MR) is 232 cm³/mol. The smallest absolute Gasteiger partial charge is 0.266 e. The number of alkyl halides is 2. The van der Waals surface area contributed by atoms with Gasteiger partial charge in [0.1, 0.15) is 11.8 Å². The van der Waals surface area contributed by atoms with Crippen LogP contribution in [0.25, 0.3) is 22.0 Å². The number of nitrogens with zero attached hydrogens (tertiary/aromatic N) is 8. The minimum Gasteiger partial charge on any atom is -0.492 e. The van der Waals surface area contributed by atoms with Gasteiger partial charge in [-0.05, 0) is 73.6 Å². The third-order valence-electron chi connectivity index (χ3n) is 13.6. The zero-order chi connectivity index (χ0) is 45.3. The Kier molecular flexibility index (Phi) is 10.7. The van der Waals surface area contributed by atoms with E-state index >= 15 is 8.78 Å². The average molecular weight is 888 g/mol. The summed E-state index contributed by atoms with van der Waals surface area (Å²) >= 11 is 0. The largest absolute Gasteiger partial charge is 0.492 e. The molecule has 18 heteroatoms. The molecule has 336 valence electrons. The topological polar surface area (TPSA) is 172 Å². The number of imide groups is 2. The van der Waals surface area contributed by atoms with Crippen molar-refractivity contribution >= 4 is 57.9 Å². The van der Waals surface area contributed by atoms with Gasteiger partial charge in [-0.1, -0.05) is 6.07 Å². The van der Waals surface area contributed by atoms with Crippen LogP contribution in [0.1, 0.15) is 101 Å². The number of aromatic nitrogens is 4. The number of hydrogen-bond acceptors (Lipinski definition) is 10. The lowest BCUT2D eigenvalue weighted by Crippen LogP contribution is -2.54. The molecular weight excluding hydrogens is 841 g/mol. The molecule has 10 rings (SSSR count). The number of pyridine rings is 1. The first kappa shape index (κ1) is 42.0. The summed E-state index contributed by atoms with van der Waals surface area (Å²) in [7, 11) is 1.89. The normalized spacial score (nSPS) is 18.9. The number of halogens is 2. The Hall–Kier alpha value is -6.98. The summed E-state index contributed by atoms with van der Waals surface area (Å²) in [6.07, 6.45) is 5.90. The number of hydrogen-bond donors (Lipinski definition) is 1. The Balaban J connectivity index is 0.852. The Morgan fingerprint density at radius 2 is 1.74 bits per heavy atom. The quantitative estimate of drug-likeness (QED) is 0.189. The van der Waals surface area contributed by atoms with Gasteiger partial charge in [0.2, 0.25) is 23.6 Å². The maximum atomic E-state index is 15.1. The maximum Gasteiger partial charge on any atom is 0.266 e. The van der Waals surface area contributed by atoms with Gasteiger partial charge in [0, 0.05) is 105 Å². The Bertz CT molecular complexity index is 2830. The number of carbonyl (C=O) groups is 6. The first-order chi connectivity index (χ1) is 31.4. The van der Waals surface area contributed by atoms with Crippen LogP contribution in [0, 0.1) is 0 Å². The SMILES string of the molecule is CC(=O)N1CCc2c(c(N3CCCc4cc(-c5cn(C)c6ccncc56)c(C(F)F)cc43)nn2C2CCN(C(=O)CCOc3cccc4c3C(=O)N(C3CCC(=O)NC3=O)C4=O)CC2)C1. The molecule has 8 heterocycles. The predicted octanol–water partition coefficient (Wildman–Crippen LogP) is 5.40. The highest BCUT2D eigenvalue weighted by atomic mass is 19.3. The van der Waals surface area contributed by atoms with E-state index in [9.17, 15) is 28.8 Å². The van der Waals surface area contributed by atoms with Crippen LogP contribution in [-0.4, -0.2) is 108 Å². The van der Waals surface area contributed by atoms with Gasteiger partial charge in [-0.25, -0.2) is 8.78 Å². The van der Waals surface area contributed by atoms with Gasteiger partial charge >= 0.3 is 0 Å². The van der Waals surface area contributed by atoms with E-state index in [4.69, 9.17) is 9.84 Å². The van der Waals surface area contributed by atoms with Crippen molar-refractivity contribution in [3.8, 4) is 16.9 Å². The highest BCUT2D eigenvalue weighted by Gasteiger charge is 2.46. The average Bonchev–Trinajstić information content (AvgIpc) is 3.94. The van der Waals surface area contributed by atoms with Crippen LogP contribution in [0.2, 0.25) is 0 Å². The molecule has 5 aromatic rings. The molecule has 2 fully saturated rings. The highest BCUT2D eigenvalue weighted by Crippen LogP contribution is 2.45. The minimum atomic E-state index is -2.74. The monoisotopic (exact) mass is 887 g/mol. The van der Waals surface area contributed by atoms with Crippen molar-refractivity contribution < 1.29 is 42.3 Å². The lowest BCUT2D eigenvalue weighted by Gasteiger charge is -2.34. The molecular formula is C47H47F2N9O7. The molecule has 2 saturated heterocycles. The number of rotatable bonds is 9. The molecule has 65 heavy (non-hydrogen) atoms. The van der Waals surface area contributed by atoms with Crippen LogP contribution in [0.4, 0.5) is 20.3 Å². The lowest BCUT2D eigenvalue weighted by molar-refractivity contribution is -0.136. The number of nitrogens with one attached hydrogen (secondary N) is 1. The first-order valence-electron chi connectivity index (χ1n) is 22.1. The summed E-state index contributed by atoms with van der Waals surface area (Å²) in [5.41, 5.74) is 5.68. The number of piperidine rings is 2. The van der Waals surface area contributed by atoms with Gasteiger partial charge in [0.15, 0.2) is 5.82 Å². The van der Waals surface area contributed by atoms with Crippen molar-refractivity contribution in [3.05, 3.63) is 88.5 Å². The summed E-state index contributed by atoms with van der Waals surface area (Å²) < 4.78 is 40.1. The molecule has 1 unspecified atom stereocenters. The second kappa shape index (κ2) is 16.5. The Morgan fingerprint density at radius 1 is 0.923 bits per heavy atom. The summed E-state index contributed by atoms with van der Waals surface area (Å²) in [6.45, 7) is 3.86. The van der Waals surface area contributed by atoms with Gasteiger partial charge in [-0.2, -0.15) is 5.10 Å². The number of aryl methyl sites for hydroxylation is 2. The van der Waals surface area contributed by atoms with E-state index in [1.165, 1.54) is 6.07 Å². The third kappa shape index (κ3) is 7.28. The summed E-state index contributed by atoms with van der Waals surface area (Å²) in [6, 6.07) is 8.84. The molecule has 0 radical (unpaired) electrons. The van der Waals surface area contributed by atoms with Crippen molar-refractivity contribution in [1.29, 1.82) is 0 Å². The van der Waals surface area contributed by atoms with E-state index in [0.717, 1.165) is 39.0 Å². The summed E-state index contributed by atoms with van der Waals surface area (Å²) in [5, 5.41) is 8.25.